The van der Waals surface area contributed by atoms with Crippen LogP contribution in [-0.2, 0) is 4.79 Å². The standard InChI is InChI=1S/C18H14Cl2N2O3/c1-2-10-24-15-8-4-3-6-13(15)11-21-22-17(23)12-25-16-9-5-7-14(19)18(16)20/h1,3-9,11H,10,12H2,(H,22,23)/b21-11-. The average molecular weight is 377 g/mol. The summed E-state index contributed by atoms with van der Waals surface area (Å²) >= 11 is 11.8. The second kappa shape index (κ2) is 9.58. The zero-order chi connectivity index (χ0) is 18.1. The van der Waals surface area contributed by atoms with Crippen molar-refractivity contribution in [3.63, 3.8) is 0 Å². The van der Waals surface area contributed by atoms with Crippen molar-refractivity contribution >= 4 is 35.3 Å². The highest BCUT2D eigenvalue weighted by Crippen LogP contribution is 2.31. The number of ether oxygens (including phenoxy) is 2. The van der Waals surface area contributed by atoms with Gasteiger partial charge in [-0.15, -0.1) is 6.42 Å². The maximum atomic E-state index is 11.8. The molecule has 0 bridgehead atoms. The van der Waals surface area contributed by atoms with Gasteiger partial charge in [-0.25, -0.2) is 5.43 Å². The average Bonchev–Trinajstić information content (AvgIpc) is 2.62. The van der Waals surface area contributed by atoms with Crippen molar-refractivity contribution in [1.29, 1.82) is 0 Å². The van der Waals surface area contributed by atoms with E-state index >= 15 is 0 Å². The summed E-state index contributed by atoms with van der Waals surface area (Å²) in [6.07, 6.45) is 6.62. The van der Waals surface area contributed by atoms with Gasteiger partial charge < -0.3 is 9.47 Å². The third-order valence-electron chi connectivity index (χ3n) is 2.90. The number of nitrogens with zero attached hydrogens (tertiary/aromatic N) is 1. The number of rotatable bonds is 7. The number of carbonyl (C=O) groups excluding carboxylic acids is 1. The molecule has 0 spiro atoms. The molecule has 0 aliphatic rings. The zero-order valence-electron chi connectivity index (χ0n) is 13.0. The van der Waals surface area contributed by atoms with E-state index in [1.165, 1.54) is 6.21 Å². The van der Waals surface area contributed by atoms with Crippen LogP contribution in [0.4, 0.5) is 0 Å². The number of para-hydroxylation sites is 1. The van der Waals surface area contributed by atoms with Crippen LogP contribution in [0.1, 0.15) is 5.56 Å². The van der Waals surface area contributed by atoms with Crippen molar-refractivity contribution in [2.24, 2.45) is 5.10 Å². The topological polar surface area (TPSA) is 59.9 Å². The van der Waals surface area contributed by atoms with Crippen molar-refractivity contribution in [2.75, 3.05) is 13.2 Å². The summed E-state index contributed by atoms with van der Waals surface area (Å²) in [5.41, 5.74) is 3.03. The molecule has 0 heterocycles. The molecule has 1 N–H and O–H groups in total. The zero-order valence-corrected chi connectivity index (χ0v) is 14.6. The summed E-state index contributed by atoms with van der Waals surface area (Å²) in [6.45, 7) is -0.113. The molecular formula is C18H14Cl2N2O3. The van der Waals surface area contributed by atoms with Crippen LogP contribution in [0.5, 0.6) is 11.5 Å². The van der Waals surface area contributed by atoms with Crippen LogP contribution in [0.3, 0.4) is 0 Å². The largest absolute Gasteiger partial charge is 0.482 e. The molecule has 0 unspecified atom stereocenters. The van der Waals surface area contributed by atoms with E-state index in [9.17, 15) is 4.79 Å². The van der Waals surface area contributed by atoms with Gasteiger partial charge in [-0.1, -0.05) is 47.3 Å². The summed E-state index contributed by atoms with van der Waals surface area (Å²) in [4.78, 5) is 11.8. The van der Waals surface area contributed by atoms with Crippen LogP contribution >= 0.6 is 23.2 Å². The quantitative estimate of drug-likeness (QED) is 0.456. The lowest BCUT2D eigenvalue weighted by atomic mass is 10.2. The Morgan fingerprint density at radius 3 is 2.72 bits per heavy atom. The van der Waals surface area contributed by atoms with E-state index in [1.807, 2.05) is 12.1 Å². The minimum absolute atomic E-state index is 0.144. The van der Waals surface area contributed by atoms with Gasteiger partial charge in [-0.05, 0) is 24.3 Å². The molecule has 0 atom stereocenters. The van der Waals surface area contributed by atoms with Gasteiger partial charge in [0, 0.05) is 5.56 Å². The second-order valence-corrected chi connectivity index (χ2v) is 5.45. The van der Waals surface area contributed by atoms with Crippen molar-refractivity contribution in [2.45, 2.75) is 0 Å². The van der Waals surface area contributed by atoms with Crippen LogP contribution in [0.2, 0.25) is 10.0 Å². The summed E-state index contributed by atoms with van der Waals surface area (Å²) in [6, 6.07) is 12.1. The summed E-state index contributed by atoms with van der Waals surface area (Å²) in [5, 5.41) is 4.47. The van der Waals surface area contributed by atoms with Crippen molar-refractivity contribution in [3.8, 4) is 23.8 Å². The van der Waals surface area contributed by atoms with E-state index in [1.54, 1.807) is 30.3 Å². The number of terminal acetylenes is 1. The number of amides is 1. The highest BCUT2D eigenvalue weighted by molar-refractivity contribution is 6.42. The Bertz CT molecular complexity index is 816. The fourth-order valence-electron chi connectivity index (χ4n) is 1.78. The maximum absolute atomic E-state index is 11.8. The Morgan fingerprint density at radius 1 is 1.16 bits per heavy atom. The van der Waals surface area contributed by atoms with E-state index in [4.69, 9.17) is 39.1 Å². The van der Waals surface area contributed by atoms with Crippen LogP contribution in [0.25, 0.3) is 0 Å². The lowest BCUT2D eigenvalue weighted by Gasteiger charge is -2.08. The normalized spacial score (nSPS) is 10.3. The number of hydrogen-bond donors (Lipinski definition) is 1. The molecule has 0 saturated heterocycles. The third-order valence-corrected chi connectivity index (χ3v) is 3.70. The number of halogens is 2. The van der Waals surface area contributed by atoms with Gasteiger partial charge >= 0.3 is 0 Å². The first-order valence-corrected chi connectivity index (χ1v) is 7.91. The number of carbonyl (C=O) groups is 1. The molecule has 1 amide bonds. The summed E-state index contributed by atoms with van der Waals surface area (Å²) in [7, 11) is 0. The number of benzene rings is 2. The fraction of sp³-hybridized carbons (Fsp3) is 0.111. The SMILES string of the molecule is C#CCOc1ccccc1/C=N\NC(=O)COc1cccc(Cl)c1Cl. The molecule has 128 valence electrons. The molecule has 0 fully saturated rings. The van der Waals surface area contributed by atoms with Gasteiger partial charge in [0.05, 0.1) is 11.2 Å². The molecule has 0 aliphatic carbocycles. The smallest absolute Gasteiger partial charge is 0.277 e. The Labute approximate surface area is 155 Å². The first kappa shape index (κ1) is 18.7. The Morgan fingerprint density at radius 2 is 1.92 bits per heavy atom. The predicted molar refractivity (Wildman–Crippen MR) is 98.5 cm³/mol. The Hall–Kier alpha value is -2.68. The second-order valence-electron chi connectivity index (χ2n) is 4.66. The van der Waals surface area contributed by atoms with Gasteiger partial charge in [-0.3, -0.25) is 4.79 Å². The van der Waals surface area contributed by atoms with Crippen LogP contribution in [0.15, 0.2) is 47.6 Å². The van der Waals surface area contributed by atoms with Crippen molar-refractivity contribution in [1.82, 2.24) is 5.43 Å². The third kappa shape index (κ3) is 5.71. The molecule has 2 rings (SSSR count). The molecule has 25 heavy (non-hydrogen) atoms. The fourth-order valence-corrected chi connectivity index (χ4v) is 2.13. The van der Waals surface area contributed by atoms with E-state index in [2.05, 4.69) is 16.4 Å². The molecule has 0 aromatic heterocycles. The Kier molecular flexibility index (Phi) is 7.15. The maximum Gasteiger partial charge on any atom is 0.277 e. The van der Waals surface area contributed by atoms with Gasteiger partial charge in [0.1, 0.15) is 23.1 Å². The van der Waals surface area contributed by atoms with E-state index in [-0.39, 0.29) is 18.2 Å². The first-order chi connectivity index (χ1) is 12.1. The minimum Gasteiger partial charge on any atom is -0.482 e. The highest BCUT2D eigenvalue weighted by Gasteiger charge is 2.08. The minimum atomic E-state index is -0.450. The summed E-state index contributed by atoms with van der Waals surface area (Å²) in [5.74, 6) is 2.83. The number of hydrazone groups is 1. The molecule has 7 heteroatoms. The lowest BCUT2D eigenvalue weighted by molar-refractivity contribution is -0.123. The lowest BCUT2D eigenvalue weighted by Crippen LogP contribution is -2.24. The van der Waals surface area contributed by atoms with Gasteiger partial charge in [-0.2, -0.15) is 5.10 Å². The molecule has 0 saturated carbocycles. The van der Waals surface area contributed by atoms with Crippen molar-refractivity contribution < 1.29 is 14.3 Å². The van der Waals surface area contributed by atoms with Crippen LogP contribution < -0.4 is 14.9 Å². The molecule has 2 aromatic carbocycles. The molecule has 2 aromatic rings. The molecular weight excluding hydrogens is 363 g/mol. The van der Waals surface area contributed by atoms with Gasteiger partial charge in [0.15, 0.2) is 6.61 Å². The van der Waals surface area contributed by atoms with E-state index in [0.717, 1.165) is 0 Å². The number of hydrogen-bond acceptors (Lipinski definition) is 4. The highest BCUT2D eigenvalue weighted by atomic mass is 35.5. The van der Waals surface area contributed by atoms with Crippen molar-refractivity contribution in [3.05, 3.63) is 58.1 Å². The molecule has 0 aliphatic heterocycles. The van der Waals surface area contributed by atoms with E-state index < -0.39 is 5.91 Å². The van der Waals surface area contributed by atoms with Gasteiger partial charge in [0.2, 0.25) is 0 Å². The molecule has 0 radical (unpaired) electrons. The molecule has 5 nitrogen and oxygen atoms in total. The van der Waals surface area contributed by atoms with Gasteiger partial charge in [0.25, 0.3) is 5.91 Å². The first-order valence-electron chi connectivity index (χ1n) is 7.16. The summed E-state index contributed by atoms with van der Waals surface area (Å²) < 4.78 is 10.7. The predicted octanol–water partition coefficient (Wildman–Crippen LogP) is 3.53. The Balaban J connectivity index is 1.89. The number of nitrogens with one attached hydrogen (secondary N) is 1. The monoisotopic (exact) mass is 376 g/mol. The van der Waals surface area contributed by atoms with E-state index in [0.29, 0.717) is 22.1 Å². The van der Waals surface area contributed by atoms with Crippen LogP contribution in [-0.4, -0.2) is 25.3 Å². The van der Waals surface area contributed by atoms with Crippen LogP contribution in [0, 0.1) is 12.3 Å².